The number of alkyl halides is 3. The summed E-state index contributed by atoms with van der Waals surface area (Å²) < 4.78 is 61.7. The summed E-state index contributed by atoms with van der Waals surface area (Å²) in [4.78, 5) is 0. The molecule has 0 atom stereocenters. The van der Waals surface area contributed by atoms with Gasteiger partial charge in [0.1, 0.15) is 0 Å². The lowest BCUT2D eigenvalue weighted by molar-refractivity contribution is -0.137. The second kappa shape index (κ2) is 4.85. The van der Waals surface area contributed by atoms with E-state index in [1.165, 1.54) is 6.92 Å². The Kier molecular flexibility index (Phi) is 4.08. The molecule has 3 nitrogen and oxygen atoms in total. The van der Waals surface area contributed by atoms with Crippen LogP contribution in [-0.2, 0) is 16.2 Å². The first-order valence-corrected chi connectivity index (χ1v) is 6.97. The Morgan fingerprint density at radius 1 is 1.35 bits per heavy atom. The molecule has 96 valence electrons. The average molecular weight is 332 g/mol. The summed E-state index contributed by atoms with van der Waals surface area (Å²) in [5.41, 5.74) is -0.760. The first-order chi connectivity index (χ1) is 7.65. The van der Waals surface area contributed by atoms with Crippen molar-refractivity contribution in [3.63, 3.8) is 0 Å². The van der Waals surface area contributed by atoms with Crippen molar-refractivity contribution in [2.45, 2.75) is 13.1 Å². The molecule has 1 aromatic rings. The predicted octanol–water partition coefficient (Wildman–Crippen LogP) is 3.23. The van der Waals surface area contributed by atoms with E-state index in [1.54, 1.807) is 0 Å². The molecule has 0 radical (unpaired) electrons. The zero-order chi connectivity index (χ0) is 13.3. The number of nitrogens with one attached hydrogen (secondary N) is 1. The molecule has 0 bridgehead atoms. The smallest absolute Gasteiger partial charge is 0.282 e. The molecule has 8 heteroatoms. The van der Waals surface area contributed by atoms with Crippen LogP contribution < -0.4 is 4.72 Å². The van der Waals surface area contributed by atoms with Gasteiger partial charge >= 0.3 is 6.18 Å². The van der Waals surface area contributed by atoms with Crippen molar-refractivity contribution < 1.29 is 21.6 Å². The summed E-state index contributed by atoms with van der Waals surface area (Å²) >= 11 is 2.89. The van der Waals surface area contributed by atoms with E-state index in [2.05, 4.69) is 20.7 Å². The Morgan fingerprint density at radius 3 is 2.35 bits per heavy atom. The molecule has 0 saturated heterocycles. The van der Waals surface area contributed by atoms with Crippen molar-refractivity contribution in [1.82, 2.24) is 0 Å². The number of hydrogen-bond acceptors (Lipinski definition) is 2. The number of sulfonamides is 1. The fraction of sp³-hybridized carbons (Fsp3) is 0.333. The maximum absolute atomic E-state index is 12.3. The van der Waals surface area contributed by atoms with Gasteiger partial charge in [0, 0.05) is 4.47 Å². The minimum Gasteiger partial charge on any atom is -0.282 e. The second-order valence-electron chi connectivity index (χ2n) is 3.20. The summed E-state index contributed by atoms with van der Waals surface area (Å²) in [6, 6.07) is 2.71. The molecule has 0 fully saturated rings. The summed E-state index contributed by atoms with van der Waals surface area (Å²) in [6.45, 7) is 1.43. The molecule has 0 spiro atoms. The van der Waals surface area contributed by atoms with Crippen molar-refractivity contribution in [2.24, 2.45) is 0 Å². The van der Waals surface area contributed by atoms with Gasteiger partial charge in [-0.1, -0.05) is 0 Å². The third-order valence-electron chi connectivity index (χ3n) is 1.94. The van der Waals surface area contributed by atoms with E-state index in [1.807, 2.05) is 0 Å². The molecule has 0 aromatic heterocycles. The number of benzene rings is 1. The highest BCUT2D eigenvalue weighted by Gasteiger charge is 2.31. The van der Waals surface area contributed by atoms with Crippen LogP contribution in [0.5, 0.6) is 0 Å². The molecule has 1 rings (SSSR count). The topological polar surface area (TPSA) is 46.2 Å². The number of halogens is 4. The van der Waals surface area contributed by atoms with E-state index in [0.717, 1.165) is 18.2 Å². The quantitative estimate of drug-likeness (QED) is 0.924. The highest BCUT2D eigenvalue weighted by atomic mass is 79.9. The summed E-state index contributed by atoms with van der Waals surface area (Å²) in [7, 11) is -3.50. The fourth-order valence-electron chi connectivity index (χ4n) is 1.01. The summed E-state index contributed by atoms with van der Waals surface area (Å²) in [5, 5.41) is 0. The Balaban J connectivity index is 3.07. The van der Waals surface area contributed by atoms with E-state index in [0.29, 0.717) is 0 Å². The minimum atomic E-state index is -4.45. The second-order valence-corrected chi connectivity index (χ2v) is 6.06. The molecular formula is C9H9BrF3NO2S. The first kappa shape index (κ1) is 14.3. The van der Waals surface area contributed by atoms with Crippen LogP contribution in [0.1, 0.15) is 12.5 Å². The van der Waals surface area contributed by atoms with Crippen molar-refractivity contribution in [3.8, 4) is 0 Å². The van der Waals surface area contributed by atoms with E-state index in [-0.39, 0.29) is 15.9 Å². The fourth-order valence-corrected chi connectivity index (χ4v) is 2.28. The highest BCUT2D eigenvalue weighted by Crippen LogP contribution is 2.34. The van der Waals surface area contributed by atoms with Gasteiger partial charge in [0.2, 0.25) is 10.0 Å². The number of anilines is 1. The monoisotopic (exact) mass is 331 g/mol. The zero-order valence-electron chi connectivity index (χ0n) is 8.68. The third kappa shape index (κ3) is 3.88. The van der Waals surface area contributed by atoms with Gasteiger partial charge < -0.3 is 0 Å². The van der Waals surface area contributed by atoms with Crippen LogP contribution in [0.15, 0.2) is 22.7 Å². The number of rotatable bonds is 3. The van der Waals surface area contributed by atoms with Gasteiger partial charge in [-0.15, -0.1) is 0 Å². The van der Waals surface area contributed by atoms with Crippen molar-refractivity contribution in [1.29, 1.82) is 0 Å². The molecule has 1 aromatic carbocycles. The average Bonchev–Trinajstić information content (AvgIpc) is 2.19. The van der Waals surface area contributed by atoms with Crippen LogP contribution in [0.3, 0.4) is 0 Å². The van der Waals surface area contributed by atoms with Crippen LogP contribution >= 0.6 is 15.9 Å². The lowest BCUT2D eigenvalue weighted by Crippen LogP contribution is -2.15. The molecule has 1 N–H and O–H groups in total. The Bertz CT molecular complexity index is 513. The molecular weight excluding hydrogens is 323 g/mol. The maximum atomic E-state index is 12.3. The van der Waals surface area contributed by atoms with Gasteiger partial charge in [-0.2, -0.15) is 13.2 Å². The molecule has 0 aliphatic carbocycles. The minimum absolute atomic E-state index is 0.0457. The third-order valence-corrected chi connectivity index (χ3v) is 3.89. The van der Waals surface area contributed by atoms with Crippen molar-refractivity contribution >= 4 is 31.6 Å². The predicted molar refractivity (Wildman–Crippen MR) is 62.2 cm³/mol. The van der Waals surface area contributed by atoms with Crippen LogP contribution in [0.2, 0.25) is 0 Å². The SMILES string of the molecule is CCS(=O)(=O)Nc1ccc(C(F)(F)F)cc1Br. The van der Waals surface area contributed by atoms with Crippen LogP contribution in [0, 0.1) is 0 Å². The first-order valence-electron chi connectivity index (χ1n) is 4.53. The highest BCUT2D eigenvalue weighted by molar-refractivity contribution is 9.10. The maximum Gasteiger partial charge on any atom is 0.416 e. The van der Waals surface area contributed by atoms with Crippen LogP contribution in [0.25, 0.3) is 0 Å². The Hall–Kier alpha value is -0.760. The van der Waals surface area contributed by atoms with E-state index < -0.39 is 21.8 Å². The van der Waals surface area contributed by atoms with Gasteiger partial charge in [-0.25, -0.2) is 8.42 Å². The standard InChI is InChI=1S/C9H9BrF3NO2S/c1-2-17(15,16)14-8-4-3-6(5-7(8)10)9(11,12)13/h3-5,14H,2H2,1H3. The van der Waals surface area contributed by atoms with Crippen LogP contribution in [-0.4, -0.2) is 14.2 Å². The number of hydrogen-bond donors (Lipinski definition) is 1. The Morgan fingerprint density at radius 2 is 1.94 bits per heavy atom. The van der Waals surface area contributed by atoms with Gasteiger partial charge in [-0.3, -0.25) is 4.72 Å². The van der Waals surface area contributed by atoms with E-state index >= 15 is 0 Å². The molecule has 17 heavy (non-hydrogen) atoms. The van der Waals surface area contributed by atoms with Gasteiger partial charge in [0.15, 0.2) is 0 Å². The molecule has 0 aliphatic heterocycles. The van der Waals surface area contributed by atoms with Gasteiger partial charge in [0.25, 0.3) is 0 Å². The van der Waals surface area contributed by atoms with E-state index in [9.17, 15) is 21.6 Å². The lowest BCUT2D eigenvalue weighted by Gasteiger charge is -2.11. The largest absolute Gasteiger partial charge is 0.416 e. The van der Waals surface area contributed by atoms with Crippen LogP contribution in [0.4, 0.5) is 18.9 Å². The molecule has 0 heterocycles. The molecule has 0 saturated carbocycles. The van der Waals surface area contributed by atoms with E-state index in [4.69, 9.17) is 0 Å². The normalized spacial score (nSPS) is 12.5. The Labute approximate surface area is 105 Å². The van der Waals surface area contributed by atoms with Crippen molar-refractivity contribution in [3.05, 3.63) is 28.2 Å². The zero-order valence-corrected chi connectivity index (χ0v) is 11.1. The molecule has 0 aliphatic rings. The van der Waals surface area contributed by atoms with Gasteiger partial charge in [-0.05, 0) is 41.1 Å². The lowest BCUT2D eigenvalue weighted by atomic mass is 10.2. The van der Waals surface area contributed by atoms with Crippen molar-refractivity contribution in [2.75, 3.05) is 10.5 Å². The summed E-state index contributed by atoms with van der Waals surface area (Å²) in [5.74, 6) is -0.152. The molecule has 0 unspecified atom stereocenters. The summed E-state index contributed by atoms with van der Waals surface area (Å²) in [6.07, 6.45) is -4.45. The van der Waals surface area contributed by atoms with Gasteiger partial charge in [0.05, 0.1) is 17.0 Å². The molecule has 0 amide bonds.